The first-order chi connectivity index (χ1) is 19.0. The molecule has 43 heavy (non-hydrogen) atoms. The maximum atomic E-state index is 11.5. The zero-order valence-electron chi connectivity index (χ0n) is 26.9. The van der Waals surface area contributed by atoms with Gasteiger partial charge in [0.05, 0.1) is 12.7 Å². The van der Waals surface area contributed by atoms with Crippen LogP contribution in [0.15, 0.2) is 0 Å². The second kappa shape index (κ2) is 15.9. The standard InChI is InChI=1S/C29H52O10S2.2Na/c1-5-19(18(2)16-30)6-7-20(17-38-40(32,33)34)22-10-11-23-21-8-9-25-27(31)26(39-41(35,36)37)13-15-29(25,4)24(21)12-14-28(22,23)3;;/h18-27,30-31H,5-17H2,1-4H3,(H,32,33,34)(H,35,36,37);;/q;2*+1/p-2/t18-,19+,20+,21?,22-,23?,24?,25-,26-,27+,28-,29-;;/m1../s1. The number of rotatable bonds is 12. The van der Waals surface area contributed by atoms with Crippen molar-refractivity contribution < 1.29 is 104 Å². The molecular formula is C29H50Na2O10S2. The third-order valence-electron chi connectivity index (χ3n) is 12.5. The van der Waals surface area contributed by atoms with Crippen molar-refractivity contribution in [3.63, 3.8) is 0 Å². The van der Waals surface area contributed by atoms with Crippen LogP contribution < -0.4 is 59.1 Å². The van der Waals surface area contributed by atoms with Crippen molar-refractivity contribution >= 4 is 20.8 Å². The van der Waals surface area contributed by atoms with Crippen LogP contribution in [0.1, 0.15) is 98.3 Å². The minimum Gasteiger partial charge on any atom is -0.726 e. The van der Waals surface area contributed by atoms with Crippen molar-refractivity contribution in [1.29, 1.82) is 0 Å². The summed E-state index contributed by atoms with van der Waals surface area (Å²) in [7, 11) is -9.70. The SMILES string of the molecule is CC[C@@H](CC[C@@H](COS(=O)(=O)[O-])[C@H]1CCC2C3CC[C@@H]4[C@H](O)[C@H](OS(=O)(=O)[O-])CC[C@]4(C)C3CC[C@@]21C)[C@H](C)CO.[Na+].[Na+]. The second-order valence-electron chi connectivity index (χ2n) is 14.2. The molecule has 2 N–H and O–H groups in total. The molecule has 4 aliphatic carbocycles. The number of hydrogen-bond donors (Lipinski definition) is 2. The van der Waals surface area contributed by atoms with Crippen LogP contribution in [0.5, 0.6) is 0 Å². The Morgan fingerprint density at radius 2 is 1.47 bits per heavy atom. The van der Waals surface area contributed by atoms with Crippen LogP contribution >= 0.6 is 0 Å². The molecule has 14 heteroatoms. The van der Waals surface area contributed by atoms with Gasteiger partial charge in [-0.25, -0.2) is 16.8 Å². The molecule has 0 saturated heterocycles. The minimum atomic E-state index is -4.89. The van der Waals surface area contributed by atoms with Gasteiger partial charge in [-0.05, 0) is 122 Å². The predicted octanol–water partition coefficient (Wildman–Crippen LogP) is -2.00. The van der Waals surface area contributed by atoms with E-state index in [2.05, 4.69) is 20.8 Å². The number of aliphatic hydroxyl groups excluding tert-OH is 2. The number of fused-ring (bicyclic) bond motifs is 5. The molecular weight excluding hydrogens is 618 g/mol. The van der Waals surface area contributed by atoms with Crippen LogP contribution in [-0.2, 0) is 29.2 Å². The van der Waals surface area contributed by atoms with Crippen molar-refractivity contribution in [2.45, 2.75) is 111 Å². The van der Waals surface area contributed by atoms with E-state index in [9.17, 15) is 36.2 Å². The van der Waals surface area contributed by atoms with Crippen LogP contribution in [0.2, 0.25) is 0 Å². The molecule has 240 valence electrons. The quantitative estimate of drug-likeness (QED) is 0.135. The summed E-state index contributed by atoms with van der Waals surface area (Å²) in [6.45, 7) is 8.69. The van der Waals surface area contributed by atoms with Crippen molar-refractivity contribution in [1.82, 2.24) is 0 Å². The molecule has 0 aliphatic heterocycles. The van der Waals surface area contributed by atoms with Crippen LogP contribution in [0, 0.1) is 58.2 Å². The van der Waals surface area contributed by atoms with Gasteiger partial charge in [0.2, 0.25) is 20.8 Å². The van der Waals surface area contributed by atoms with Crippen LogP contribution in [-0.4, -0.2) is 61.6 Å². The summed E-state index contributed by atoms with van der Waals surface area (Å²) in [5.41, 5.74) is -0.201. The Hall–Kier alpha value is 1.66. The van der Waals surface area contributed by atoms with E-state index in [1.54, 1.807) is 0 Å². The van der Waals surface area contributed by atoms with E-state index >= 15 is 0 Å². The zero-order valence-corrected chi connectivity index (χ0v) is 32.6. The van der Waals surface area contributed by atoms with Crippen molar-refractivity contribution in [2.75, 3.05) is 13.2 Å². The van der Waals surface area contributed by atoms with Gasteiger partial charge in [0, 0.05) is 6.61 Å². The average Bonchev–Trinajstić information content (AvgIpc) is 3.23. The molecule has 4 aliphatic rings. The summed E-state index contributed by atoms with van der Waals surface area (Å²) in [6.07, 6.45) is 7.10. The monoisotopic (exact) mass is 668 g/mol. The Morgan fingerprint density at radius 1 is 0.860 bits per heavy atom. The van der Waals surface area contributed by atoms with Crippen LogP contribution in [0.25, 0.3) is 0 Å². The van der Waals surface area contributed by atoms with Gasteiger partial charge in [0.15, 0.2) is 0 Å². The molecule has 4 fully saturated rings. The molecule has 0 bridgehead atoms. The van der Waals surface area contributed by atoms with Gasteiger partial charge in [0.25, 0.3) is 0 Å². The summed E-state index contributed by atoms with van der Waals surface area (Å²) in [4.78, 5) is 0. The van der Waals surface area contributed by atoms with Crippen molar-refractivity contribution in [3.8, 4) is 0 Å². The Bertz CT molecular complexity index is 1120. The van der Waals surface area contributed by atoms with Gasteiger partial charge in [-0.15, -0.1) is 0 Å². The summed E-state index contributed by atoms with van der Waals surface area (Å²) in [5, 5.41) is 20.8. The van der Waals surface area contributed by atoms with E-state index in [4.69, 9.17) is 8.37 Å². The summed E-state index contributed by atoms with van der Waals surface area (Å²) < 4.78 is 77.7. The van der Waals surface area contributed by atoms with Gasteiger partial charge in [-0.3, -0.25) is 8.37 Å². The van der Waals surface area contributed by atoms with E-state index in [1.165, 1.54) is 0 Å². The van der Waals surface area contributed by atoms with E-state index in [0.717, 1.165) is 57.8 Å². The molecule has 0 amide bonds. The number of hydrogen-bond acceptors (Lipinski definition) is 10. The maximum absolute atomic E-state index is 11.5. The molecule has 4 saturated carbocycles. The third kappa shape index (κ3) is 9.02. The molecule has 3 unspecified atom stereocenters. The van der Waals surface area contributed by atoms with E-state index < -0.39 is 33.0 Å². The first kappa shape index (κ1) is 40.8. The van der Waals surface area contributed by atoms with E-state index in [0.29, 0.717) is 36.5 Å². The fourth-order valence-electron chi connectivity index (χ4n) is 10.4. The minimum absolute atomic E-state index is 0. The number of aliphatic hydroxyl groups is 2. The first-order valence-electron chi connectivity index (χ1n) is 15.6. The van der Waals surface area contributed by atoms with Crippen LogP contribution in [0.4, 0.5) is 0 Å². The largest absolute Gasteiger partial charge is 1.00 e. The van der Waals surface area contributed by atoms with Gasteiger partial charge in [0.1, 0.15) is 6.10 Å². The average molecular weight is 669 g/mol. The molecule has 0 spiro atoms. The molecule has 0 heterocycles. The Labute approximate surface area is 303 Å². The molecule has 0 aromatic carbocycles. The van der Waals surface area contributed by atoms with E-state index in [-0.39, 0.29) is 107 Å². The van der Waals surface area contributed by atoms with Gasteiger partial charge in [-0.1, -0.05) is 34.1 Å². The summed E-state index contributed by atoms with van der Waals surface area (Å²) >= 11 is 0. The Balaban J connectivity index is 0.00000323. The molecule has 0 aromatic rings. The van der Waals surface area contributed by atoms with Crippen LogP contribution in [0.3, 0.4) is 0 Å². The fourth-order valence-corrected chi connectivity index (χ4v) is 11.3. The summed E-state index contributed by atoms with van der Waals surface area (Å²) in [5.74, 6) is 1.72. The molecule has 10 nitrogen and oxygen atoms in total. The van der Waals surface area contributed by atoms with Crippen molar-refractivity contribution in [2.24, 2.45) is 58.2 Å². The zero-order chi connectivity index (χ0) is 30.4. The topological polar surface area (TPSA) is 173 Å². The predicted molar refractivity (Wildman–Crippen MR) is 150 cm³/mol. The van der Waals surface area contributed by atoms with E-state index in [1.807, 2.05) is 6.92 Å². The van der Waals surface area contributed by atoms with Crippen molar-refractivity contribution in [3.05, 3.63) is 0 Å². The second-order valence-corrected chi connectivity index (χ2v) is 16.3. The van der Waals surface area contributed by atoms with Gasteiger partial charge in [-0.2, -0.15) is 0 Å². The molecule has 0 radical (unpaired) electrons. The molecule has 0 aromatic heterocycles. The fraction of sp³-hybridized carbons (Fsp3) is 1.00. The Morgan fingerprint density at radius 3 is 2.05 bits per heavy atom. The normalized spacial score (nSPS) is 39.7. The summed E-state index contributed by atoms with van der Waals surface area (Å²) in [6, 6.07) is 0. The third-order valence-corrected chi connectivity index (χ3v) is 13.4. The first-order valence-corrected chi connectivity index (χ1v) is 18.2. The van der Waals surface area contributed by atoms with Gasteiger partial charge >= 0.3 is 59.1 Å². The maximum Gasteiger partial charge on any atom is 1.00 e. The molecule has 4 rings (SSSR count). The molecule has 12 atom stereocenters. The Kier molecular flexibility index (Phi) is 15.1. The smallest absolute Gasteiger partial charge is 0.726 e. The van der Waals surface area contributed by atoms with Gasteiger partial charge < -0.3 is 19.3 Å².